The van der Waals surface area contributed by atoms with Crippen LogP contribution in [0.5, 0.6) is 0 Å². The average molecular weight is 212 g/mol. The van der Waals surface area contributed by atoms with Gasteiger partial charge in [0, 0.05) is 6.42 Å². The van der Waals surface area contributed by atoms with E-state index in [-0.39, 0.29) is 22.3 Å². The first-order valence-electron chi connectivity index (χ1n) is 5.45. The number of carbonyl (C=O) groups is 2. The number of nitrogens with zero attached hydrogens (tertiary/aromatic N) is 1. The van der Waals surface area contributed by atoms with Crippen molar-refractivity contribution in [3.8, 4) is 0 Å². The number of fused-ring (bicyclic) bond motifs is 2. The van der Waals surface area contributed by atoms with Crippen LogP contribution in [-0.4, -0.2) is 41.6 Å². The summed E-state index contributed by atoms with van der Waals surface area (Å²) in [6.45, 7) is 7.34. The maximum atomic E-state index is 12.0. The lowest BCUT2D eigenvalue weighted by Crippen LogP contribution is -2.52. The molecule has 0 N–H and O–H groups in total. The van der Waals surface area contributed by atoms with Crippen LogP contribution in [0.15, 0.2) is 0 Å². The number of piperidine rings is 1. The third-order valence-corrected chi connectivity index (χ3v) is 3.17. The van der Waals surface area contributed by atoms with Gasteiger partial charge in [-0.1, -0.05) is 0 Å². The predicted molar refractivity (Wildman–Crippen MR) is 54.2 cm³/mol. The first kappa shape index (κ1) is 10.6. The van der Waals surface area contributed by atoms with E-state index in [0.717, 1.165) is 13.0 Å². The SMILES string of the molecule is CC(C)(C)OC(=O)[N@+]12CC[C@@H](C1)C(=O)C2. The van der Waals surface area contributed by atoms with Crippen molar-refractivity contribution in [1.29, 1.82) is 0 Å². The third kappa shape index (κ3) is 1.78. The zero-order chi connectivity index (χ0) is 11.3. The van der Waals surface area contributed by atoms with Crippen molar-refractivity contribution in [2.75, 3.05) is 19.6 Å². The van der Waals surface area contributed by atoms with Crippen molar-refractivity contribution >= 4 is 11.9 Å². The van der Waals surface area contributed by atoms with Crippen molar-refractivity contribution in [2.45, 2.75) is 32.8 Å². The maximum absolute atomic E-state index is 12.0. The molecule has 2 heterocycles. The molecule has 0 unspecified atom stereocenters. The lowest BCUT2D eigenvalue weighted by Gasteiger charge is -2.30. The summed E-state index contributed by atoms with van der Waals surface area (Å²) in [6.07, 6.45) is 0.619. The number of amides is 1. The summed E-state index contributed by atoms with van der Waals surface area (Å²) in [5, 5.41) is 0. The van der Waals surface area contributed by atoms with Gasteiger partial charge in [-0.2, -0.15) is 4.79 Å². The average Bonchev–Trinajstić information content (AvgIpc) is 2.58. The summed E-state index contributed by atoms with van der Waals surface area (Å²) in [4.78, 5) is 23.5. The number of hydrogen-bond acceptors (Lipinski definition) is 3. The van der Waals surface area contributed by atoms with Crippen LogP contribution < -0.4 is 0 Å². The Morgan fingerprint density at radius 2 is 2.13 bits per heavy atom. The van der Waals surface area contributed by atoms with Crippen molar-refractivity contribution < 1.29 is 18.8 Å². The summed E-state index contributed by atoms with van der Waals surface area (Å²) < 4.78 is 5.61. The summed E-state index contributed by atoms with van der Waals surface area (Å²) in [5.41, 5.74) is -0.464. The van der Waals surface area contributed by atoms with E-state index in [1.54, 1.807) is 0 Å². The third-order valence-electron chi connectivity index (χ3n) is 3.17. The molecule has 1 amide bonds. The lowest BCUT2D eigenvalue weighted by molar-refractivity contribution is -0.832. The molecule has 0 spiro atoms. The van der Waals surface area contributed by atoms with E-state index in [4.69, 9.17) is 4.74 Å². The second-order valence-corrected chi connectivity index (χ2v) is 5.64. The molecule has 2 bridgehead atoms. The van der Waals surface area contributed by atoms with Crippen LogP contribution in [0.1, 0.15) is 27.2 Å². The quantitative estimate of drug-likeness (QED) is 0.569. The highest BCUT2D eigenvalue weighted by atomic mass is 16.6. The van der Waals surface area contributed by atoms with Crippen molar-refractivity contribution in [2.24, 2.45) is 5.92 Å². The van der Waals surface area contributed by atoms with Gasteiger partial charge in [0.15, 0.2) is 5.78 Å². The molecule has 2 atom stereocenters. The van der Waals surface area contributed by atoms with Gasteiger partial charge in [0.2, 0.25) is 0 Å². The van der Waals surface area contributed by atoms with Crippen LogP contribution in [0.3, 0.4) is 0 Å². The number of ether oxygens (including phenoxy) is 1. The smallest absolute Gasteiger partial charge is 0.414 e. The van der Waals surface area contributed by atoms with E-state index < -0.39 is 5.60 Å². The Hall–Kier alpha value is -0.900. The molecule has 2 saturated heterocycles. The van der Waals surface area contributed by atoms with E-state index in [1.165, 1.54) is 0 Å². The van der Waals surface area contributed by atoms with Crippen LogP contribution >= 0.6 is 0 Å². The van der Waals surface area contributed by atoms with Gasteiger partial charge >= 0.3 is 6.09 Å². The van der Waals surface area contributed by atoms with Crippen molar-refractivity contribution in [3.05, 3.63) is 0 Å². The summed E-state index contributed by atoms with van der Waals surface area (Å²) in [5.74, 6) is 0.338. The molecule has 84 valence electrons. The number of ketones is 1. The Bertz CT molecular complexity index is 318. The van der Waals surface area contributed by atoms with Crippen molar-refractivity contribution in [3.63, 3.8) is 0 Å². The number of carbonyl (C=O) groups excluding carboxylic acids is 2. The summed E-state index contributed by atoms with van der Waals surface area (Å²) in [7, 11) is 0. The van der Waals surface area contributed by atoms with Crippen LogP contribution in [0.2, 0.25) is 0 Å². The Labute approximate surface area is 89.8 Å². The molecular weight excluding hydrogens is 194 g/mol. The predicted octanol–water partition coefficient (Wildman–Crippen LogP) is 1.34. The van der Waals surface area contributed by atoms with Gasteiger partial charge in [-0.15, -0.1) is 0 Å². The maximum Gasteiger partial charge on any atom is 0.516 e. The van der Waals surface area contributed by atoms with Crippen molar-refractivity contribution in [1.82, 2.24) is 0 Å². The molecule has 0 aromatic heterocycles. The number of rotatable bonds is 0. The second-order valence-electron chi connectivity index (χ2n) is 5.64. The molecule has 0 saturated carbocycles. The van der Waals surface area contributed by atoms with E-state index in [9.17, 15) is 9.59 Å². The monoisotopic (exact) mass is 212 g/mol. The molecule has 0 aliphatic carbocycles. The van der Waals surface area contributed by atoms with E-state index in [0.29, 0.717) is 13.1 Å². The largest absolute Gasteiger partial charge is 0.516 e. The highest BCUT2D eigenvalue weighted by Crippen LogP contribution is 2.34. The fourth-order valence-corrected chi connectivity index (χ4v) is 2.43. The highest BCUT2D eigenvalue weighted by molar-refractivity contribution is 5.86. The summed E-state index contributed by atoms with van der Waals surface area (Å²) >= 11 is 0. The minimum Gasteiger partial charge on any atom is -0.414 e. The lowest BCUT2D eigenvalue weighted by atomic mass is 10.1. The molecule has 0 aromatic rings. The Balaban J connectivity index is 2.11. The fraction of sp³-hybridized carbons (Fsp3) is 0.818. The minimum absolute atomic E-state index is 0.109. The van der Waals surface area contributed by atoms with Gasteiger partial charge < -0.3 is 4.74 Å². The fourth-order valence-electron chi connectivity index (χ4n) is 2.43. The molecule has 2 aliphatic heterocycles. The number of hydrogen-bond donors (Lipinski definition) is 0. The highest BCUT2D eigenvalue weighted by Gasteiger charge is 2.57. The molecule has 2 rings (SSSR count). The summed E-state index contributed by atoms with van der Waals surface area (Å²) in [6, 6.07) is 0. The Morgan fingerprint density at radius 3 is 2.53 bits per heavy atom. The molecule has 4 nitrogen and oxygen atoms in total. The first-order valence-corrected chi connectivity index (χ1v) is 5.45. The Morgan fingerprint density at radius 1 is 1.47 bits per heavy atom. The van der Waals surface area contributed by atoms with Crippen LogP contribution in [0.25, 0.3) is 0 Å². The standard InChI is InChI=1S/C11H18NO3/c1-11(2,3)15-10(14)12-5-4-8(6-12)9(13)7-12/h8H,4-7H2,1-3H3/q+1/t8-,12+/m0/s1. The van der Waals surface area contributed by atoms with Crippen LogP contribution in [0, 0.1) is 5.92 Å². The first-order chi connectivity index (χ1) is 6.82. The van der Waals surface area contributed by atoms with Gasteiger partial charge in [0.1, 0.15) is 12.1 Å². The van der Waals surface area contributed by atoms with Gasteiger partial charge in [0.05, 0.1) is 19.0 Å². The minimum atomic E-state index is -0.464. The van der Waals surface area contributed by atoms with Crippen LogP contribution in [0.4, 0.5) is 4.79 Å². The molecular formula is C11H18NO3+. The van der Waals surface area contributed by atoms with Gasteiger partial charge in [0.25, 0.3) is 0 Å². The van der Waals surface area contributed by atoms with Gasteiger partial charge in [-0.05, 0) is 20.8 Å². The molecule has 15 heavy (non-hydrogen) atoms. The molecule has 0 radical (unpaired) electrons. The van der Waals surface area contributed by atoms with E-state index >= 15 is 0 Å². The zero-order valence-electron chi connectivity index (χ0n) is 9.58. The number of Topliss-reactive ketones (excluding diaryl/α,β-unsaturated/α-hetero) is 1. The van der Waals surface area contributed by atoms with Gasteiger partial charge in [-0.3, -0.25) is 4.79 Å². The van der Waals surface area contributed by atoms with E-state index in [1.807, 2.05) is 20.8 Å². The zero-order valence-corrected chi connectivity index (χ0v) is 9.58. The van der Waals surface area contributed by atoms with Crippen LogP contribution in [-0.2, 0) is 9.53 Å². The molecule has 0 aromatic carbocycles. The molecule has 2 fully saturated rings. The molecule has 2 aliphatic rings. The second kappa shape index (κ2) is 3.04. The number of quaternary nitrogens is 1. The van der Waals surface area contributed by atoms with E-state index in [2.05, 4.69) is 0 Å². The van der Waals surface area contributed by atoms with Gasteiger partial charge in [-0.25, -0.2) is 4.48 Å². The normalized spacial score (nSPS) is 34.6. The topological polar surface area (TPSA) is 43.4 Å². The Kier molecular flexibility index (Phi) is 2.15. The molecule has 4 heteroatoms.